The first-order chi connectivity index (χ1) is 12.7. The average Bonchev–Trinajstić information content (AvgIpc) is 3.04. The zero-order valence-corrected chi connectivity index (χ0v) is 14.9. The lowest BCUT2D eigenvalue weighted by atomic mass is 10.1. The number of halogens is 1. The molecule has 1 fully saturated rings. The molecule has 1 N–H and O–H groups in total. The third-order valence-electron chi connectivity index (χ3n) is 4.99. The van der Waals surface area contributed by atoms with E-state index < -0.39 is 0 Å². The van der Waals surface area contributed by atoms with Gasteiger partial charge in [0.25, 0.3) is 0 Å². The molecule has 1 saturated heterocycles. The van der Waals surface area contributed by atoms with E-state index in [1.54, 1.807) is 12.3 Å². The number of fused-ring (bicyclic) bond motifs is 1. The van der Waals surface area contributed by atoms with Crippen LogP contribution in [0.1, 0.15) is 30.7 Å². The second kappa shape index (κ2) is 7.41. The Hall–Kier alpha value is -2.47. The number of nitrogens with one attached hydrogen (secondary N) is 1. The van der Waals surface area contributed by atoms with E-state index in [0.717, 1.165) is 67.2 Å². The van der Waals surface area contributed by atoms with Crippen LogP contribution in [-0.4, -0.2) is 29.1 Å². The van der Waals surface area contributed by atoms with E-state index in [2.05, 4.69) is 20.2 Å². The molecule has 5 nitrogen and oxygen atoms in total. The van der Waals surface area contributed by atoms with Gasteiger partial charge >= 0.3 is 0 Å². The summed E-state index contributed by atoms with van der Waals surface area (Å²) in [5.74, 6) is 1.46. The van der Waals surface area contributed by atoms with Gasteiger partial charge in [-0.1, -0.05) is 0 Å². The molecule has 1 atom stereocenters. The molecule has 3 aromatic rings. The smallest absolute Gasteiger partial charge is 0.226 e. The van der Waals surface area contributed by atoms with Gasteiger partial charge in [0.15, 0.2) is 0 Å². The third-order valence-corrected chi connectivity index (χ3v) is 4.99. The van der Waals surface area contributed by atoms with Gasteiger partial charge in [-0.15, -0.1) is 0 Å². The predicted octanol–water partition coefficient (Wildman–Crippen LogP) is 3.82. The topological polar surface area (TPSA) is 54.2 Å². The first-order valence-corrected chi connectivity index (χ1v) is 9.13. The van der Waals surface area contributed by atoms with Gasteiger partial charge in [0.2, 0.25) is 5.95 Å². The standard InChI is InChI=1S/C20H23FN4O/c1-14-18-12-15(21)6-7-19(18)24-20(23-14)25-9-2-4-16(8-10-25)22-13-17-5-3-11-26-17/h3,5-7,11-12,16,22H,2,4,8-10,13H2,1H3. The van der Waals surface area contributed by atoms with E-state index in [0.29, 0.717) is 6.04 Å². The van der Waals surface area contributed by atoms with Gasteiger partial charge in [-0.2, -0.15) is 0 Å². The highest BCUT2D eigenvalue weighted by atomic mass is 19.1. The molecule has 1 aromatic carbocycles. The van der Waals surface area contributed by atoms with Crippen molar-refractivity contribution in [2.45, 2.75) is 38.8 Å². The maximum Gasteiger partial charge on any atom is 0.226 e. The predicted molar refractivity (Wildman–Crippen MR) is 99.6 cm³/mol. The van der Waals surface area contributed by atoms with Gasteiger partial charge in [0, 0.05) is 24.5 Å². The zero-order valence-electron chi connectivity index (χ0n) is 14.9. The molecule has 0 amide bonds. The number of aromatic nitrogens is 2. The number of hydrogen-bond acceptors (Lipinski definition) is 5. The van der Waals surface area contributed by atoms with Crippen molar-refractivity contribution in [3.63, 3.8) is 0 Å². The van der Waals surface area contributed by atoms with Crippen LogP contribution in [0.3, 0.4) is 0 Å². The Morgan fingerprint density at radius 3 is 3.00 bits per heavy atom. The lowest BCUT2D eigenvalue weighted by Crippen LogP contribution is -2.31. The normalized spacial score (nSPS) is 18.2. The second-order valence-corrected chi connectivity index (χ2v) is 6.85. The molecule has 0 saturated carbocycles. The van der Waals surface area contributed by atoms with Crippen molar-refractivity contribution in [1.29, 1.82) is 0 Å². The molecule has 3 heterocycles. The van der Waals surface area contributed by atoms with Crippen LogP contribution in [0.4, 0.5) is 10.3 Å². The summed E-state index contributed by atoms with van der Waals surface area (Å²) in [7, 11) is 0. The van der Waals surface area contributed by atoms with Gasteiger partial charge in [-0.25, -0.2) is 14.4 Å². The Morgan fingerprint density at radius 1 is 1.23 bits per heavy atom. The van der Waals surface area contributed by atoms with Gasteiger partial charge in [-0.05, 0) is 56.5 Å². The summed E-state index contributed by atoms with van der Waals surface area (Å²) in [5.41, 5.74) is 1.62. The molecule has 0 spiro atoms. The van der Waals surface area contributed by atoms with Crippen molar-refractivity contribution in [2.24, 2.45) is 0 Å². The van der Waals surface area contributed by atoms with E-state index in [1.165, 1.54) is 12.1 Å². The number of aryl methyl sites for hydroxylation is 1. The number of rotatable bonds is 4. The summed E-state index contributed by atoms with van der Waals surface area (Å²) in [6, 6.07) is 9.05. The van der Waals surface area contributed by atoms with Crippen LogP contribution in [0.2, 0.25) is 0 Å². The number of hydrogen-bond donors (Lipinski definition) is 1. The van der Waals surface area contributed by atoms with Gasteiger partial charge < -0.3 is 14.6 Å². The third kappa shape index (κ3) is 3.70. The largest absolute Gasteiger partial charge is 0.468 e. The van der Waals surface area contributed by atoms with Crippen molar-refractivity contribution in [3.05, 3.63) is 53.9 Å². The number of nitrogens with zero attached hydrogens (tertiary/aromatic N) is 3. The number of anilines is 1. The molecular weight excluding hydrogens is 331 g/mol. The zero-order chi connectivity index (χ0) is 17.9. The molecule has 26 heavy (non-hydrogen) atoms. The number of furan rings is 1. The van der Waals surface area contributed by atoms with Crippen LogP contribution >= 0.6 is 0 Å². The van der Waals surface area contributed by atoms with Crippen LogP contribution in [0, 0.1) is 12.7 Å². The molecule has 0 bridgehead atoms. The summed E-state index contributed by atoms with van der Waals surface area (Å²) in [5, 5.41) is 4.36. The van der Waals surface area contributed by atoms with Crippen LogP contribution in [0.25, 0.3) is 10.9 Å². The summed E-state index contributed by atoms with van der Waals surface area (Å²) in [4.78, 5) is 11.5. The average molecular weight is 354 g/mol. The summed E-state index contributed by atoms with van der Waals surface area (Å²) < 4.78 is 18.9. The highest BCUT2D eigenvalue weighted by Gasteiger charge is 2.19. The first-order valence-electron chi connectivity index (χ1n) is 9.13. The fraction of sp³-hybridized carbons (Fsp3) is 0.400. The highest BCUT2D eigenvalue weighted by molar-refractivity contribution is 5.81. The molecule has 6 heteroatoms. The Bertz CT molecular complexity index is 881. The van der Waals surface area contributed by atoms with Crippen molar-refractivity contribution in [3.8, 4) is 0 Å². The SMILES string of the molecule is Cc1nc(N2CCCC(NCc3ccco3)CC2)nc2ccc(F)cc12. The molecule has 0 radical (unpaired) electrons. The molecule has 2 aromatic heterocycles. The summed E-state index contributed by atoms with van der Waals surface area (Å²) in [6.07, 6.45) is 4.94. The molecule has 1 aliphatic heterocycles. The van der Waals surface area contributed by atoms with E-state index in [9.17, 15) is 4.39 Å². The Kier molecular flexibility index (Phi) is 4.84. The minimum absolute atomic E-state index is 0.253. The maximum atomic E-state index is 13.5. The van der Waals surface area contributed by atoms with Crippen LogP contribution in [-0.2, 0) is 6.54 Å². The van der Waals surface area contributed by atoms with E-state index in [-0.39, 0.29) is 5.82 Å². The fourth-order valence-electron chi connectivity index (χ4n) is 3.54. The lowest BCUT2D eigenvalue weighted by molar-refractivity contribution is 0.422. The van der Waals surface area contributed by atoms with Gasteiger partial charge in [-0.3, -0.25) is 0 Å². The van der Waals surface area contributed by atoms with Crippen molar-refractivity contribution >= 4 is 16.9 Å². The second-order valence-electron chi connectivity index (χ2n) is 6.85. The minimum atomic E-state index is -0.253. The van der Waals surface area contributed by atoms with Crippen LogP contribution in [0.15, 0.2) is 41.0 Å². The monoisotopic (exact) mass is 354 g/mol. The first kappa shape index (κ1) is 17.0. The molecule has 136 valence electrons. The van der Waals surface area contributed by atoms with E-state index >= 15 is 0 Å². The highest BCUT2D eigenvalue weighted by Crippen LogP contribution is 2.22. The summed E-state index contributed by atoms with van der Waals surface area (Å²) >= 11 is 0. The Morgan fingerprint density at radius 2 is 2.15 bits per heavy atom. The van der Waals surface area contributed by atoms with Crippen molar-refractivity contribution in [2.75, 3.05) is 18.0 Å². The fourth-order valence-corrected chi connectivity index (χ4v) is 3.54. The summed E-state index contributed by atoms with van der Waals surface area (Å²) in [6.45, 7) is 4.51. The Balaban J connectivity index is 1.45. The van der Waals surface area contributed by atoms with Gasteiger partial charge in [0.05, 0.1) is 24.0 Å². The number of benzene rings is 1. The van der Waals surface area contributed by atoms with Crippen molar-refractivity contribution < 1.29 is 8.81 Å². The molecule has 0 aliphatic carbocycles. The van der Waals surface area contributed by atoms with Crippen LogP contribution in [0.5, 0.6) is 0 Å². The maximum absolute atomic E-state index is 13.5. The van der Waals surface area contributed by atoms with Gasteiger partial charge in [0.1, 0.15) is 11.6 Å². The lowest BCUT2D eigenvalue weighted by Gasteiger charge is -2.21. The van der Waals surface area contributed by atoms with Crippen molar-refractivity contribution in [1.82, 2.24) is 15.3 Å². The van der Waals surface area contributed by atoms with E-state index in [4.69, 9.17) is 4.42 Å². The van der Waals surface area contributed by atoms with Crippen LogP contribution < -0.4 is 10.2 Å². The molecular formula is C20H23FN4O. The quantitative estimate of drug-likeness (QED) is 0.772. The van der Waals surface area contributed by atoms with E-state index in [1.807, 2.05) is 19.1 Å². The molecule has 1 aliphatic rings. The Labute approximate surface area is 152 Å². The minimum Gasteiger partial charge on any atom is -0.468 e. The molecule has 4 rings (SSSR count). The molecule has 1 unspecified atom stereocenters.